The molecule has 1 aromatic heterocycles. The normalized spacial score (nSPS) is 18.8. The Morgan fingerprint density at radius 2 is 1.74 bits per heavy atom. The van der Waals surface area contributed by atoms with E-state index >= 15 is 0 Å². The van der Waals surface area contributed by atoms with Gasteiger partial charge in [-0.05, 0) is 55.7 Å². The number of hydrogen-bond donors (Lipinski definition) is 1. The molecule has 1 N–H and O–H groups in total. The predicted molar refractivity (Wildman–Crippen MR) is 148 cm³/mol. The van der Waals surface area contributed by atoms with Crippen LogP contribution in [0.4, 0.5) is 5.69 Å². The second-order valence-corrected chi connectivity index (χ2v) is 10.3. The molecule has 212 valence electrons. The zero-order chi connectivity index (χ0) is 27.8. The summed E-state index contributed by atoms with van der Waals surface area (Å²) in [6, 6.07) is 13.7. The van der Waals surface area contributed by atoms with Crippen LogP contribution >= 0.6 is 0 Å². The SMILES string of the molecule is CCOC(=O)C(CC)(CC)NC(=O)c1ccc(N2CC(OC)C2)c(OCC2C[C@@H]2COCc2ccccc2)n1. The van der Waals surface area contributed by atoms with Gasteiger partial charge in [-0.15, -0.1) is 0 Å². The van der Waals surface area contributed by atoms with Crippen molar-refractivity contribution in [1.29, 1.82) is 0 Å². The lowest BCUT2D eigenvalue weighted by molar-refractivity contribution is -0.151. The number of rotatable bonds is 15. The number of carbonyl (C=O) groups excluding carboxylic acids is 2. The van der Waals surface area contributed by atoms with Crippen LogP contribution in [-0.4, -0.2) is 68.5 Å². The summed E-state index contributed by atoms with van der Waals surface area (Å²) in [5, 5.41) is 2.89. The summed E-state index contributed by atoms with van der Waals surface area (Å²) in [6.07, 6.45) is 2.03. The van der Waals surface area contributed by atoms with E-state index in [0.717, 1.165) is 30.8 Å². The number of anilines is 1. The molecule has 39 heavy (non-hydrogen) atoms. The van der Waals surface area contributed by atoms with Crippen molar-refractivity contribution in [2.45, 2.75) is 58.3 Å². The fourth-order valence-corrected chi connectivity index (χ4v) is 4.81. The van der Waals surface area contributed by atoms with Gasteiger partial charge in [0.15, 0.2) is 0 Å². The predicted octanol–water partition coefficient (Wildman–Crippen LogP) is 4.00. The molecule has 1 aromatic carbocycles. The lowest BCUT2D eigenvalue weighted by atomic mass is 9.92. The van der Waals surface area contributed by atoms with Crippen molar-refractivity contribution in [2.24, 2.45) is 11.8 Å². The van der Waals surface area contributed by atoms with E-state index < -0.39 is 17.4 Å². The Morgan fingerprint density at radius 3 is 2.41 bits per heavy atom. The zero-order valence-corrected chi connectivity index (χ0v) is 23.5. The zero-order valence-electron chi connectivity index (χ0n) is 23.5. The van der Waals surface area contributed by atoms with Crippen LogP contribution < -0.4 is 15.0 Å². The Morgan fingerprint density at radius 1 is 1.03 bits per heavy atom. The second-order valence-electron chi connectivity index (χ2n) is 10.3. The highest BCUT2D eigenvalue weighted by molar-refractivity contribution is 5.97. The highest BCUT2D eigenvalue weighted by Crippen LogP contribution is 2.40. The molecule has 0 radical (unpaired) electrons. The average molecular weight is 540 g/mol. The van der Waals surface area contributed by atoms with Gasteiger partial charge >= 0.3 is 5.97 Å². The molecule has 2 aromatic rings. The van der Waals surface area contributed by atoms with E-state index in [0.29, 0.717) is 50.4 Å². The molecule has 1 unspecified atom stereocenters. The molecule has 2 aliphatic rings. The first-order chi connectivity index (χ1) is 18.9. The summed E-state index contributed by atoms with van der Waals surface area (Å²) in [7, 11) is 1.70. The number of nitrogens with one attached hydrogen (secondary N) is 1. The van der Waals surface area contributed by atoms with Gasteiger partial charge in [0.05, 0.1) is 32.5 Å². The Bertz CT molecular complexity index is 1100. The van der Waals surface area contributed by atoms with Crippen molar-refractivity contribution < 1.29 is 28.5 Å². The monoisotopic (exact) mass is 539 g/mol. The summed E-state index contributed by atoms with van der Waals surface area (Å²) in [6.45, 7) is 8.98. The summed E-state index contributed by atoms with van der Waals surface area (Å²) in [5.41, 5.74) is 1.10. The summed E-state index contributed by atoms with van der Waals surface area (Å²) in [5.74, 6) is 0.386. The maximum atomic E-state index is 13.3. The number of benzene rings is 1. The lowest BCUT2D eigenvalue weighted by Gasteiger charge is -2.40. The van der Waals surface area contributed by atoms with Crippen molar-refractivity contribution in [1.82, 2.24) is 10.3 Å². The first-order valence-corrected chi connectivity index (χ1v) is 14.0. The van der Waals surface area contributed by atoms with E-state index in [1.165, 1.54) is 0 Å². The molecule has 2 fully saturated rings. The Labute approximate surface area is 231 Å². The number of esters is 1. The topological polar surface area (TPSA) is 99.2 Å². The standard InChI is InChI=1S/C30H41N3O6/c1-5-30(6-2,29(35)38-7-3)32-27(34)25-13-14-26(33-16-24(17-33)36-4)28(31-25)39-20-23-15-22(23)19-37-18-21-11-9-8-10-12-21/h8-14,22-24H,5-7,15-20H2,1-4H3,(H,32,34)/t22-,23?/m1/s1. The third kappa shape index (κ3) is 7.08. The lowest BCUT2D eigenvalue weighted by Crippen LogP contribution is -2.54. The minimum absolute atomic E-state index is 0.162. The molecule has 9 heteroatoms. The number of ether oxygens (including phenoxy) is 4. The number of nitrogens with zero attached hydrogens (tertiary/aromatic N) is 2. The number of amides is 1. The van der Waals surface area contributed by atoms with Gasteiger partial charge in [0.2, 0.25) is 5.88 Å². The maximum Gasteiger partial charge on any atom is 0.331 e. The van der Waals surface area contributed by atoms with Gasteiger partial charge in [0.25, 0.3) is 5.91 Å². The van der Waals surface area contributed by atoms with Crippen LogP contribution in [0.1, 0.15) is 56.1 Å². The van der Waals surface area contributed by atoms with E-state index in [-0.39, 0.29) is 18.4 Å². The fraction of sp³-hybridized carbons (Fsp3) is 0.567. The van der Waals surface area contributed by atoms with Crippen LogP contribution in [0.25, 0.3) is 0 Å². The van der Waals surface area contributed by atoms with Gasteiger partial charge in [-0.1, -0.05) is 44.2 Å². The minimum Gasteiger partial charge on any atom is -0.476 e. The molecule has 9 nitrogen and oxygen atoms in total. The van der Waals surface area contributed by atoms with E-state index in [1.807, 2.05) is 38.1 Å². The quantitative estimate of drug-likeness (QED) is 0.339. The minimum atomic E-state index is -1.10. The van der Waals surface area contributed by atoms with Crippen LogP contribution in [0.15, 0.2) is 42.5 Å². The average Bonchev–Trinajstić information content (AvgIpc) is 3.69. The van der Waals surface area contributed by atoms with Gasteiger partial charge in [0.1, 0.15) is 16.9 Å². The second kappa shape index (κ2) is 13.3. The van der Waals surface area contributed by atoms with Gasteiger partial charge in [-0.25, -0.2) is 9.78 Å². The molecule has 0 bridgehead atoms. The molecule has 1 amide bonds. The number of pyridine rings is 1. The van der Waals surface area contributed by atoms with Gasteiger partial charge in [-0.3, -0.25) is 4.79 Å². The summed E-state index contributed by atoms with van der Waals surface area (Å²) in [4.78, 5) is 32.7. The van der Waals surface area contributed by atoms with E-state index in [1.54, 1.807) is 20.1 Å². The molecule has 0 spiro atoms. The van der Waals surface area contributed by atoms with Crippen LogP contribution in [0.5, 0.6) is 5.88 Å². The largest absolute Gasteiger partial charge is 0.476 e. The highest BCUT2D eigenvalue weighted by Gasteiger charge is 2.40. The van der Waals surface area contributed by atoms with Crippen molar-refractivity contribution in [3.63, 3.8) is 0 Å². The van der Waals surface area contributed by atoms with E-state index in [4.69, 9.17) is 18.9 Å². The van der Waals surface area contributed by atoms with Crippen molar-refractivity contribution in [2.75, 3.05) is 44.9 Å². The van der Waals surface area contributed by atoms with Gasteiger partial charge < -0.3 is 29.2 Å². The van der Waals surface area contributed by atoms with Crippen LogP contribution in [0, 0.1) is 11.8 Å². The number of hydrogen-bond acceptors (Lipinski definition) is 8. The Balaban J connectivity index is 1.40. The fourth-order valence-electron chi connectivity index (χ4n) is 4.81. The maximum absolute atomic E-state index is 13.3. The van der Waals surface area contributed by atoms with E-state index in [9.17, 15) is 9.59 Å². The number of aromatic nitrogens is 1. The molecular formula is C30H41N3O6. The Kier molecular flexibility index (Phi) is 9.80. The molecule has 1 aliphatic heterocycles. The summed E-state index contributed by atoms with van der Waals surface area (Å²) >= 11 is 0. The molecule has 4 rings (SSSR count). The first kappa shape index (κ1) is 28.8. The molecule has 2 atom stereocenters. The third-order valence-corrected chi connectivity index (χ3v) is 7.77. The summed E-state index contributed by atoms with van der Waals surface area (Å²) < 4.78 is 22.8. The molecule has 1 saturated heterocycles. The number of methoxy groups -OCH3 is 1. The van der Waals surface area contributed by atoms with Crippen molar-refractivity contribution in [3.05, 3.63) is 53.7 Å². The smallest absolute Gasteiger partial charge is 0.331 e. The van der Waals surface area contributed by atoms with E-state index in [2.05, 4.69) is 27.3 Å². The Hall–Kier alpha value is -3.17. The molecular weight excluding hydrogens is 498 g/mol. The van der Waals surface area contributed by atoms with Crippen LogP contribution in [0.3, 0.4) is 0 Å². The van der Waals surface area contributed by atoms with Crippen LogP contribution in [-0.2, 0) is 25.6 Å². The highest BCUT2D eigenvalue weighted by atomic mass is 16.5. The molecule has 1 aliphatic carbocycles. The molecule has 1 saturated carbocycles. The van der Waals surface area contributed by atoms with Crippen molar-refractivity contribution >= 4 is 17.6 Å². The van der Waals surface area contributed by atoms with Crippen molar-refractivity contribution in [3.8, 4) is 5.88 Å². The molecule has 2 heterocycles. The van der Waals surface area contributed by atoms with Gasteiger partial charge in [0, 0.05) is 20.2 Å². The van der Waals surface area contributed by atoms with Crippen LogP contribution in [0.2, 0.25) is 0 Å². The third-order valence-electron chi connectivity index (χ3n) is 7.77. The number of carbonyl (C=O) groups is 2. The van der Waals surface area contributed by atoms with Gasteiger partial charge in [-0.2, -0.15) is 0 Å². The first-order valence-electron chi connectivity index (χ1n) is 14.0.